The molecular formula is C18H17N7. The van der Waals surface area contributed by atoms with Crippen LogP contribution >= 0.6 is 0 Å². The molecule has 2 aromatic heterocycles. The summed E-state index contributed by atoms with van der Waals surface area (Å²) in [6.45, 7) is 5.39. The van der Waals surface area contributed by atoms with Crippen molar-refractivity contribution >= 4 is 18.1 Å². The van der Waals surface area contributed by atoms with E-state index in [0.717, 1.165) is 11.1 Å². The lowest BCUT2D eigenvalue weighted by atomic mass is 10.2. The van der Waals surface area contributed by atoms with Gasteiger partial charge >= 0.3 is 0 Å². The van der Waals surface area contributed by atoms with E-state index in [1.54, 1.807) is 12.4 Å². The van der Waals surface area contributed by atoms with Crippen LogP contribution in [0.3, 0.4) is 0 Å². The van der Waals surface area contributed by atoms with E-state index in [9.17, 15) is 0 Å². The number of hydrogen-bond acceptors (Lipinski definition) is 6. The Morgan fingerprint density at radius 2 is 1.96 bits per heavy atom. The van der Waals surface area contributed by atoms with Crippen molar-refractivity contribution in [1.82, 2.24) is 25.1 Å². The van der Waals surface area contributed by atoms with Crippen LogP contribution in [0.4, 0.5) is 5.82 Å². The maximum absolute atomic E-state index is 5.98. The summed E-state index contributed by atoms with van der Waals surface area (Å²) >= 11 is 0. The van der Waals surface area contributed by atoms with Crippen LogP contribution in [0.15, 0.2) is 59.9 Å². The molecule has 1 aromatic carbocycles. The first kappa shape index (κ1) is 16.3. The van der Waals surface area contributed by atoms with Gasteiger partial charge in [-0.15, -0.1) is 10.2 Å². The zero-order chi connectivity index (χ0) is 17.6. The molecule has 0 aliphatic heterocycles. The van der Waals surface area contributed by atoms with Crippen LogP contribution in [0.1, 0.15) is 12.6 Å². The second-order valence-corrected chi connectivity index (χ2v) is 5.14. The summed E-state index contributed by atoms with van der Waals surface area (Å²) in [5.74, 6) is 1.36. The highest BCUT2D eigenvalue weighted by Crippen LogP contribution is 2.24. The van der Waals surface area contributed by atoms with Gasteiger partial charge in [0.1, 0.15) is 0 Å². The maximum Gasteiger partial charge on any atom is 0.184 e. The van der Waals surface area contributed by atoms with Crippen molar-refractivity contribution in [2.75, 3.05) is 5.73 Å². The van der Waals surface area contributed by atoms with Crippen LogP contribution in [0.5, 0.6) is 0 Å². The van der Waals surface area contributed by atoms with Gasteiger partial charge in [-0.25, -0.2) is 9.97 Å². The summed E-state index contributed by atoms with van der Waals surface area (Å²) in [6.07, 6.45) is 6.95. The van der Waals surface area contributed by atoms with E-state index >= 15 is 0 Å². The van der Waals surface area contributed by atoms with E-state index in [-0.39, 0.29) is 5.82 Å². The fraction of sp³-hybridized carbons (Fsp3) is 0.0556. The first-order valence-corrected chi connectivity index (χ1v) is 7.63. The molecule has 7 heteroatoms. The van der Waals surface area contributed by atoms with E-state index in [0.29, 0.717) is 23.0 Å². The average molecular weight is 331 g/mol. The molecule has 2 heterocycles. The molecule has 0 spiro atoms. The molecule has 25 heavy (non-hydrogen) atoms. The van der Waals surface area contributed by atoms with Crippen LogP contribution < -0.4 is 5.73 Å². The van der Waals surface area contributed by atoms with Crippen molar-refractivity contribution in [1.29, 1.82) is 0 Å². The SMILES string of the molecule is C=N/C=C(\C=C/C)c1cnc(N)c(-c2nnc(-c3ccccc3)[nH]2)n1. The molecule has 0 unspecified atom stereocenters. The van der Waals surface area contributed by atoms with Crippen LogP contribution in [0.25, 0.3) is 28.5 Å². The Hall–Kier alpha value is -3.61. The molecule has 3 N–H and O–H groups in total. The predicted molar refractivity (Wildman–Crippen MR) is 99.6 cm³/mol. The van der Waals surface area contributed by atoms with Crippen molar-refractivity contribution in [2.45, 2.75) is 6.92 Å². The number of benzene rings is 1. The topological polar surface area (TPSA) is 106 Å². The number of aromatic amines is 1. The summed E-state index contributed by atoms with van der Waals surface area (Å²) in [6, 6.07) is 9.69. The van der Waals surface area contributed by atoms with Gasteiger partial charge < -0.3 is 10.7 Å². The molecule has 124 valence electrons. The van der Waals surface area contributed by atoms with Crippen molar-refractivity contribution in [3.63, 3.8) is 0 Å². The minimum atomic E-state index is 0.269. The highest BCUT2D eigenvalue weighted by molar-refractivity contribution is 5.75. The fourth-order valence-corrected chi connectivity index (χ4v) is 2.28. The quantitative estimate of drug-likeness (QED) is 0.552. The molecule has 0 radical (unpaired) electrons. The van der Waals surface area contributed by atoms with Crippen LogP contribution in [-0.4, -0.2) is 31.9 Å². The molecule has 0 aliphatic carbocycles. The molecule has 0 bridgehead atoms. The van der Waals surface area contributed by atoms with E-state index < -0.39 is 0 Å². The summed E-state index contributed by atoms with van der Waals surface area (Å²) < 4.78 is 0. The molecule has 0 saturated carbocycles. The zero-order valence-electron chi connectivity index (χ0n) is 13.7. The summed E-state index contributed by atoms with van der Waals surface area (Å²) in [4.78, 5) is 15.7. The number of nitrogens with zero attached hydrogens (tertiary/aromatic N) is 5. The molecule has 0 aliphatic rings. The molecule has 3 aromatic rings. The monoisotopic (exact) mass is 331 g/mol. The minimum absolute atomic E-state index is 0.269. The molecule has 0 amide bonds. The normalized spacial score (nSPS) is 11.8. The number of hydrogen-bond donors (Lipinski definition) is 2. The van der Waals surface area contributed by atoms with Gasteiger partial charge in [-0.2, -0.15) is 0 Å². The van der Waals surface area contributed by atoms with Gasteiger partial charge in [0.15, 0.2) is 23.2 Å². The maximum atomic E-state index is 5.98. The average Bonchev–Trinajstić information content (AvgIpc) is 3.13. The Morgan fingerprint density at radius 3 is 2.68 bits per heavy atom. The molecule has 7 nitrogen and oxygen atoms in total. The first-order valence-electron chi connectivity index (χ1n) is 7.63. The second-order valence-electron chi connectivity index (χ2n) is 5.14. The lowest BCUT2D eigenvalue weighted by Crippen LogP contribution is -2.01. The lowest BCUT2D eigenvalue weighted by molar-refractivity contribution is 1.08. The van der Waals surface area contributed by atoms with Gasteiger partial charge in [-0.1, -0.05) is 42.5 Å². The number of H-pyrrole nitrogens is 1. The highest BCUT2D eigenvalue weighted by Gasteiger charge is 2.14. The van der Waals surface area contributed by atoms with E-state index in [2.05, 4.69) is 36.9 Å². The largest absolute Gasteiger partial charge is 0.382 e. The number of anilines is 1. The predicted octanol–water partition coefficient (Wildman–Crippen LogP) is 3.13. The van der Waals surface area contributed by atoms with Crippen LogP contribution in [0.2, 0.25) is 0 Å². The van der Waals surface area contributed by atoms with Crippen molar-refractivity contribution < 1.29 is 0 Å². The number of rotatable bonds is 5. The number of nitrogen functional groups attached to an aromatic ring is 1. The van der Waals surface area contributed by atoms with Gasteiger partial charge in [0.25, 0.3) is 0 Å². The van der Waals surface area contributed by atoms with Gasteiger partial charge in [0, 0.05) is 17.3 Å². The Morgan fingerprint density at radius 1 is 1.20 bits per heavy atom. The standard InChI is InChI=1S/C18H17N7/c1-3-7-13(10-20-2)14-11-21-16(19)15(22-14)18-23-17(24-25-18)12-8-5-4-6-9-12/h3-11H,2H2,1H3,(H2,19,21)(H,23,24,25)/b7-3-,13-10+. The molecule has 3 rings (SSSR count). The lowest BCUT2D eigenvalue weighted by Gasteiger charge is -2.05. The second kappa shape index (κ2) is 7.31. The van der Waals surface area contributed by atoms with Gasteiger partial charge in [0.2, 0.25) is 0 Å². The number of allylic oxidation sites excluding steroid dienone is 3. The van der Waals surface area contributed by atoms with E-state index in [1.165, 1.54) is 0 Å². The molecule has 0 fully saturated rings. The van der Waals surface area contributed by atoms with Crippen molar-refractivity contribution in [3.05, 3.63) is 60.6 Å². The Kier molecular flexibility index (Phi) is 4.75. The van der Waals surface area contributed by atoms with Crippen molar-refractivity contribution in [2.24, 2.45) is 4.99 Å². The van der Waals surface area contributed by atoms with Crippen molar-refractivity contribution in [3.8, 4) is 22.9 Å². The van der Waals surface area contributed by atoms with Gasteiger partial charge in [-0.05, 0) is 13.6 Å². The molecule has 0 atom stereocenters. The summed E-state index contributed by atoms with van der Waals surface area (Å²) in [7, 11) is 0. The summed E-state index contributed by atoms with van der Waals surface area (Å²) in [5, 5.41) is 8.32. The number of nitrogens with two attached hydrogens (primary N) is 1. The Bertz CT molecular complexity index is 939. The number of nitrogens with one attached hydrogen (secondary N) is 1. The Balaban J connectivity index is 2.03. The summed E-state index contributed by atoms with van der Waals surface area (Å²) in [5.41, 5.74) is 8.73. The van der Waals surface area contributed by atoms with Gasteiger partial charge in [0.05, 0.1) is 11.9 Å². The number of aromatic nitrogens is 5. The zero-order valence-corrected chi connectivity index (χ0v) is 13.7. The third-order valence-corrected chi connectivity index (χ3v) is 3.43. The van der Waals surface area contributed by atoms with Crippen LogP contribution in [0, 0.1) is 0 Å². The Labute approximate surface area is 145 Å². The van der Waals surface area contributed by atoms with E-state index in [1.807, 2.05) is 49.4 Å². The number of aliphatic imine (C=N–C) groups is 1. The highest BCUT2D eigenvalue weighted by atomic mass is 15.2. The van der Waals surface area contributed by atoms with Gasteiger partial charge in [-0.3, -0.25) is 4.99 Å². The third kappa shape index (κ3) is 3.50. The van der Waals surface area contributed by atoms with E-state index in [4.69, 9.17) is 5.73 Å². The minimum Gasteiger partial charge on any atom is -0.382 e. The fourth-order valence-electron chi connectivity index (χ4n) is 2.28. The van der Waals surface area contributed by atoms with Crippen LogP contribution in [-0.2, 0) is 0 Å². The first-order chi connectivity index (χ1) is 12.2. The third-order valence-electron chi connectivity index (χ3n) is 3.43. The molecule has 0 saturated heterocycles. The molecular weight excluding hydrogens is 314 g/mol. The smallest absolute Gasteiger partial charge is 0.184 e.